The monoisotopic (exact) mass is 302 g/mol. The van der Waals surface area contributed by atoms with Gasteiger partial charge in [0.2, 0.25) is 0 Å². The minimum Gasteiger partial charge on any atom is -0.497 e. The van der Waals surface area contributed by atoms with Crippen molar-refractivity contribution < 1.29 is 19.4 Å². The molecule has 0 saturated heterocycles. The van der Waals surface area contributed by atoms with Crippen LogP contribution in [0.2, 0.25) is 0 Å². The molecule has 2 amide bonds. The molecule has 0 unspecified atom stereocenters. The smallest absolute Gasteiger partial charge is 0.315 e. The number of fused-ring (bicyclic) bond motifs is 1. The largest absolute Gasteiger partial charge is 0.497 e. The molecule has 0 heterocycles. The molecule has 6 heteroatoms. The number of urea groups is 1. The Labute approximate surface area is 128 Å². The molecular formula is C16H18N2O4. The molecule has 2 aromatic carbocycles. The van der Waals surface area contributed by atoms with Crippen LogP contribution in [0.4, 0.5) is 4.79 Å². The lowest BCUT2D eigenvalue weighted by molar-refractivity contribution is -0.136. The van der Waals surface area contributed by atoms with Gasteiger partial charge in [0.25, 0.3) is 0 Å². The average molecular weight is 302 g/mol. The number of nitrogens with one attached hydrogen (secondary N) is 2. The molecule has 6 nitrogen and oxygen atoms in total. The number of carboxylic acid groups (broad SMARTS) is 1. The first-order chi connectivity index (χ1) is 10.6. The van der Waals surface area contributed by atoms with Crippen molar-refractivity contribution >= 4 is 22.8 Å². The highest BCUT2D eigenvalue weighted by molar-refractivity contribution is 5.84. The van der Waals surface area contributed by atoms with Gasteiger partial charge in [0.05, 0.1) is 13.5 Å². The summed E-state index contributed by atoms with van der Waals surface area (Å²) in [6, 6.07) is 11.3. The van der Waals surface area contributed by atoms with Gasteiger partial charge in [-0.3, -0.25) is 4.79 Å². The number of carbonyl (C=O) groups excluding carboxylic acids is 1. The van der Waals surface area contributed by atoms with Crippen molar-refractivity contribution in [3.8, 4) is 5.75 Å². The number of methoxy groups -OCH3 is 1. The molecule has 0 fully saturated rings. The zero-order chi connectivity index (χ0) is 15.9. The van der Waals surface area contributed by atoms with E-state index < -0.39 is 5.97 Å². The Hall–Kier alpha value is -2.76. The summed E-state index contributed by atoms with van der Waals surface area (Å²) in [5, 5.41) is 15.8. The van der Waals surface area contributed by atoms with Crippen LogP contribution in [0.3, 0.4) is 0 Å². The predicted octanol–water partition coefficient (Wildman–Crippen LogP) is 2.12. The van der Waals surface area contributed by atoms with E-state index >= 15 is 0 Å². The summed E-state index contributed by atoms with van der Waals surface area (Å²) in [4.78, 5) is 21.9. The van der Waals surface area contributed by atoms with E-state index in [1.165, 1.54) is 0 Å². The highest BCUT2D eigenvalue weighted by Crippen LogP contribution is 2.21. The quantitative estimate of drug-likeness (QED) is 0.762. The minimum absolute atomic E-state index is 0.0920. The Balaban J connectivity index is 1.91. The zero-order valence-corrected chi connectivity index (χ0v) is 12.3. The van der Waals surface area contributed by atoms with E-state index in [2.05, 4.69) is 10.6 Å². The van der Waals surface area contributed by atoms with Crippen LogP contribution < -0.4 is 15.4 Å². The summed E-state index contributed by atoms with van der Waals surface area (Å²) in [6.45, 7) is 0.486. The number of hydrogen-bond acceptors (Lipinski definition) is 3. The van der Waals surface area contributed by atoms with Crippen LogP contribution in [-0.4, -0.2) is 30.8 Å². The van der Waals surface area contributed by atoms with Crippen LogP contribution in [-0.2, 0) is 11.3 Å². The molecular weight excluding hydrogens is 284 g/mol. The number of benzene rings is 2. The van der Waals surface area contributed by atoms with Gasteiger partial charge in [-0.25, -0.2) is 4.79 Å². The van der Waals surface area contributed by atoms with Gasteiger partial charge in [-0.05, 0) is 34.5 Å². The van der Waals surface area contributed by atoms with Crippen LogP contribution >= 0.6 is 0 Å². The highest BCUT2D eigenvalue weighted by atomic mass is 16.5. The lowest BCUT2D eigenvalue weighted by atomic mass is 10.1. The summed E-state index contributed by atoms with van der Waals surface area (Å²) in [7, 11) is 1.63. The van der Waals surface area contributed by atoms with Crippen LogP contribution in [0.15, 0.2) is 36.4 Å². The number of amides is 2. The molecule has 2 aromatic rings. The number of ether oxygens (including phenoxy) is 1. The Bertz CT molecular complexity index is 685. The van der Waals surface area contributed by atoms with Crippen molar-refractivity contribution in [2.24, 2.45) is 0 Å². The van der Waals surface area contributed by atoms with E-state index in [9.17, 15) is 9.59 Å². The molecule has 22 heavy (non-hydrogen) atoms. The first-order valence-corrected chi connectivity index (χ1v) is 6.88. The second-order valence-corrected chi connectivity index (χ2v) is 4.80. The van der Waals surface area contributed by atoms with Gasteiger partial charge in [-0.15, -0.1) is 0 Å². The third-order valence-corrected chi connectivity index (χ3v) is 3.19. The normalized spacial score (nSPS) is 10.2. The average Bonchev–Trinajstić information content (AvgIpc) is 2.51. The minimum atomic E-state index is -0.940. The lowest BCUT2D eigenvalue weighted by Gasteiger charge is -2.08. The van der Waals surface area contributed by atoms with Crippen LogP contribution in [0.25, 0.3) is 10.8 Å². The van der Waals surface area contributed by atoms with Crippen molar-refractivity contribution in [3.05, 3.63) is 42.0 Å². The van der Waals surface area contributed by atoms with Crippen molar-refractivity contribution in [1.82, 2.24) is 10.6 Å². The summed E-state index contributed by atoms with van der Waals surface area (Å²) in [5.74, 6) is -0.138. The van der Waals surface area contributed by atoms with Crippen molar-refractivity contribution in [1.29, 1.82) is 0 Å². The zero-order valence-electron chi connectivity index (χ0n) is 12.3. The van der Waals surface area contributed by atoms with Crippen molar-refractivity contribution in [2.45, 2.75) is 13.0 Å². The molecule has 0 aromatic heterocycles. The van der Waals surface area contributed by atoms with Crippen molar-refractivity contribution in [2.75, 3.05) is 13.7 Å². The summed E-state index contributed by atoms with van der Waals surface area (Å²) in [6.07, 6.45) is -0.0920. The maximum Gasteiger partial charge on any atom is 0.315 e. The lowest BCUT2D eigenvalue weighted by Crippen LogP contribution is -2.36. The maximum absolute atomic E-state index is 11.5. The fourth-order valence-corrected chi connectivity index (χ4v) is 2.04. The number of rotatable bonds is 6. The van der Waals surface area contributed by atoms with Gasteiger partial charge in [0.1, 0.15) is 5.75 Å². The molecule has 3 N–H and O–H groups in total. The van der Waals surface area contributed by atoms with Crippen LogP contribution in [0.5, 0.6) is 5.75 Å². The molecule has 2 rings (SSSR count). The van der Waals surface area contributed by atoms with Gasteiger partial charge in [-0.1, -0.05) is 18.2 Å². The van der Waals surface area contributed by atoms with E-state index in [1.54, 1.807) is 7.11 Å². The van der Waals surface area contributed by atoms with Gasteiger partial charge >= 0.3 is 12.0 Å². The first kappa shape index (κ1) is 15.6. The Morgan fingerprint density at radius 2 is 1.82 bits per heavy atom. The Kier molecular flexibility index (Phi) is 5.19. The molecule has 0 aliphatic rings. The highest BCUT2D eigenvalue weighted by Gasteiger charge is 2.03. The molecule has 0 spiro atoms. The van der Waals surface area contributed by atoms with Crippen LogP contribution in [0.1, 0.15) is 12.0 Å². The first-order valence-electron chi connectivity index (χ1n) is 6.88. The topological polar surface area (TPSA) is 87.7 Å². The number of carboxylic acids is 1. The molecule has 0 bridgehead atoms. The predicted molar refractivity (Wildman–Crippen MR) is 83.0 cm³/mol. The number of aliphatic carboxylic acids is 1. The fraction of sp³-hybridized carbons (Fsp3) is 0.250. The van der Waals surface area contributed by atoms with Gasteiger partial charge < -0.3 is 20.5 Å². The SMILES string of the molecule is COc1ccc2cc(CNC(=O)NCCC(=O)O)ccc2c1. The summed E-state index contributed by atoms with van der Waals surface area (Å²) < 4.78 is 5.18. The van der Waals surface area contributed by atoms with E-state index in [0.29, 0.717) is 6.54 Å². The molecule has 0 saturated carbocycles. The van der Waals surface area contributed by atoms with Gasteiger partial charge in [0.15, 0.2) is 0 Å². The molecule has 0 aliphatic heterocycles. The molecule has 116 valence electrons. The molecule has 0 atom stereocenters. The van der Waals surface area contributed by atoms with E-state index in [-0.39, 0.29) is 19.0 Å². The Morgan fingerprint density at radius 3 is 2.55 bits per heavy atom. The Morgan fingerprint density at radius 1 is 1.09 bits per heavy atom. The third-order valence-electron chi connectivity index (χ3n) is 3.19. The van der Waals surface area contributed by atoms with Gasteiger partial charge in [-0.2, -0.15) is 0 Å². The van der Waals surface area contributed by atoms with Gasteiger partial charge in [0, 0.05) is 13.1 Å². The van der Waals surface area contributed by atoms with Crippen LogP contribution in [0, 0.1) is 0 Å². The fourth-order valence-electron chi connectivity index (χ4n) is 2.04. The second kappa shape index (κ2) is 7.31. The summed E-state index contributed by atoms with van der Waals surface area (Å²) >= 11 is 0. The van der Waals surface area contributed by atoms with Crippen molar-refractivity contribution in [3.63, 3.8) is 0 Å². The number of carbonyl (C=O) groups is 2. The molecule has 0 aliphatic carbocycles. The summed E-state index contributed by atoms with van der Waals surface area (Å²) in [5.41, 5.74) is 0.964. The molecule has 0 radical (unpaired) electrons. The van der Waals surface area contributed by atoms with E-state index in [4.69, 9.17) is 9.84 Å². The van der Waals surface area contributed by atoms with E-state index in [1.807, 2.05) is 36.4 Å². The van der Waals surface area contributed by atoms with E-state index in [0.717, 1.165) is 22.1 Å². The third kappa shape index (κ3) is 4.37. The maximum atomic E-state index is 11.5. The number of hydrogen-bond donors (Lipinski definition) is 3. The standard InChI is InChI=1S/C16H18N2O4/c1-22-14-5-4-12-8-11(2-3-13(12)9-14)10-18-16(21)17-7-6-15(19)20/h2-5,8-9H,6-7,10H2,1H3,(H,19,20)(H2,17,18,21). The second-order valence-electron chi connectivity index (χ2n) is 4.80.